The summed E-state index contributed by atoms with van der Waals surface area (Å²) < 4.78 is 39.6. The summed E-state index contributed by atoms with van der Waals surface area (Å²) in [5, 5.41) is 5.66. The van der Waals surface area contributed by atoms with Crippen molar-refractivity contribution < 1.29 is 27.5 Å². The molecule has 10 nitrogen and oxygen atoms in total. The molecule has 1 unspecified atom stereocenters. The van der Waals surface area contributed by atoms with E-state index in [0.717, 1.165) is 12.0 Å². The van der Waals surface area contributed by atoms with Crippen LogP contribution in [0.2, 0.25) is 0 Å². The molecule has 2 aliphatic heterocycles. The molecule has 0 saturated heterocycles. The van der Waals surface area contributed by atoms with Gasteiger partial charge in [0.05, 0.1) is 20.3 Å². The fraction of sp³-hybridized carbons (Fsp3) is 0.522. The predicted molar refractivity (Wildman–Crippen MR) is 135 cm³/mol. The zero-order valence-corrected chi connectivity index (χ0v) is 22.0. The molecule has 3 rings (SSSR count). The fourth-order valence-electron chi connectivity index (χ4n) is 4.17. The number of benzene rings is 1. The van der Waals surface area contributed by atoms with Crippen LogP contribution >= 0.6 is 12.2 Å². The Morgan fingerprint density at radius 2 is 2.03 bits per heavy atom. The van der Waals surface area contributed by atoms with Gasteiger partial charge in [-0.3, -0.25) is 14.4 Å². The average Bonchev–Trinajstić information content (AvgIpc) is 3.12. The number of urea groups is 1. The second kappa shape index (κ2) is 11.3. The van der Waals surface area contributed by atoms with Crippen LogP contribution in [0.5, 0.6) is 11.5 Å². The summed E-state index contributed by atoms with van der Waals surface area (Å²) in [5.74, 6) is 0.119. The summed E-state index contributed by atoms with van der Waals surface area (Å²) >= 11 is 5.10. The van der Waals surface area contributed by atoms with Crippen LogP contribution in [0.1, 0.15) is 51.5 Å². The first-order chi connectivity index (χ1) is 16.6. The lowest BCUT2D eigenvalue weighted by molar-refractivity contribution is -0.123. The number of hydrogen-bond donors (Lipinski definition) is 3. The number of rotatable bonds is 8. The van der Waals surface area contributed by atoms with Crippen molar-refractivity contribution in [3.8, 4) is 11.5 Å². The zero-order valence-electron chi connectivity index (χ0n) is 20.4. The van der Waals surface area contributed by atoms with Gasteiger partial charge < -0.3 is 20.1 Å². The maximum Gasteiger partial charge on any atom is 0.324 e. The molecule has 192 valence electrons. The first-order valence-electron chi connectivity index (χ1n) is 11.6. The Hall–Kier alpha value is -2.86. The summed E-state index contributed by atoms with van der Waals surface area (Å²) in [6, 6.07) is 2.56. The van der Waals surface area contributed by atoms with Crippen molar-refractivity contribution in [3.63, 3.8) is 0 Å². The van der Waals surface area contributed by atoms with Crippen molar-refractivity contribution in [2.75, 3.05) is 33.4 Å². The largest absolute Gasteiger partial charge is 0.495 e. The molecule has 0 aliphatic carbocycles. The van der Waals surface area contributed by atoms with Gasteiger partial charge >= 0.3 is 6.03 Å². The minimum Gasteiger partial charge on any atom is -0.495 e. The first-order valence-corrected chi connectivity index (χ1v) is 13.5. The number of fused-ring (bicyclic) bond motifs is 1. The number of ether oxygens (including phenoxy) is 2. The molecular weight excluding hydrogens is 492 g/mol. The highest BCUT2D eigenvalue weighted by molar-refractivity contribution is 7.92. The van der Waals surface area contributed by atoms with Crippen molar-refractivity contribution in [2.24, 2.45) is 0 Å². The van der Waals surface area contributed by atoms with Gasteiger partial charge in [-0.2, -0.15) is 0 Å². The SMILES string of the molecule is CCCNC(=S)NS(=O)(=O)c1cc2c(cc1OC)OCCC2CNC(=O)N1CC(C)=C(CC)C1=O. The second-order valence-corrected chi connectivity index (χ2v) is 10.5. The summed E-state index contributed by atoms with van der Waals surface area (Å²) in [6.07, 6.45) is 1.92. The lowest BCUT2D eigenvalue weighted by atomic mass is 9.93. The van der Waals surface area contributed by atoms with Gasteiger partial charge in [0.2, 0.25) is 0 Å². The van der Waals surface area contributed by atoms with Crippen LogP contribution in [0.15, 0.2) is 28.2 Å². The monoisotopic (exact) mass is 524 g/mol. The number of nitrogens with zero attached hydrogens (tertiary/aromatic N) is 1. The van der Waals surface area contributed by atoms with Crippen LogP contribution in [0.3, 0.4) is 0 Å². The molecule has 35 heavy (non-hydrogen) atoms. The third kappa shape index (κ3) is 5.87. The third-order valence-corrected chi connectivity index (χ3v) is 7.77. The minimum absolute atomic E-state index is 0.00248. The van der Waals surface area contributed by atoms with Gasteiger partial charge in [0.15, 0.2) is 5.11 Å². The van der Waals surface area contributed by atoms with Crippen molar-refractivity contribution in [3.05, 3.63) is 28.8 Å². The molecule has 1 aromatic carbocycles. The average molecular weight is 525 g/mol. The van der Waals surface area contributed by atoms with Gasteiger partial charge in [0.25, 0.3) is 15.9 Å². The number of hydrogen-bond acceptors (Lipinski definition) is 7. The smallest absolute Gasteiger partial charge is 0.324 e. The van der Waals surface area contributed by atoms with E-state index in [1.54, 1.807) is 0 Å². The minimum atomic E-state index is -4.04. The Kier molecular flexibility index (Phi) is 8.60. The fourth-order valence-corrected chi connectivity index (χ4v) is 5.72. The second-order valence-electron chi connectivity index (χ2n) is 8.43. The van der Waals surface area contributed by atoms with E-state index in [2.05, 4.69) is 15.4 Å². The van der Waals surface area contributed by atoms with E-state index in [0.29, 0.717) is 42.9 Å². The van der Waals surface area contributed by atoms with Gasteiger partial charge in [0, 0.05) is 36.2 Å². The van der Waals surface area contributed by atoms with E-state index < -0.39 is 16.1 Å². The number of carbonyl (C=O) groups is 2. The van der Waals surface area contributed by atoms with Crippen LogP contribution in [0.4, 0.5) is 4.79 Å². The number of sulfonamides is 1. The van der Waals surface area contributed by atoms with Gasteiger partial charge in [-0.1, -0.05) is 13.8 Å². The van der Waals surface area contributed by atoms with E-state index in [-0.39, 0.29) is 40.7 Å². The molecular formula is C23H32N4O6S2. The molecule has 0 radical (unpaired) electrons. The molecule has 0 aromatic heterocycles. The number of thiocarbonyl (C=S) groups is 1. The zero-order chi connectivity index (χ0) is 25.8. The third-order valence-electron chi connectivity index (χ3n) is 6.02. The Bertz CT molecular complexity index is 1150. The van der Waals surface area contributed by atoms with Gasteiger partial charge in [-0.05, 0) is 50.0 Å². The molecule has 0 saturated carbocycles. The summed E-state index contributed by atoms with van der Waals surface area (Å²) in [5.41, 5.74) is 2.18. The van der Waals surface area contributed by atoms with Crippen LogP contribution in [-0.2, 0) is 14.8 Å². The normalized spacial score (nSPS) is 17.5. The molecule has 1 aromatic rings. The molecule has 2 aliphatic rings. The number of methoxy groups -OCH3 is 1. The molecule has 12 heteroatoms. The topological polar surface area (TPSA) is 126 Å². The van der Waals surface area contributed by atoms with Crippen molar-refractivity contribution in [2.45, 2.75) is 50.8 Å². The predicted octanol–water partition coefficient (Wildman–Crippen LogP) is 2.40. The molecule has 2 heterocycles. The lowest BCUT2D eigenvalue weighted by Gasteiger charge is -2.28. The Morgan fingerprint density at radius 3 is 2.66 bits per heavy atom. The van der Waals surface area contributed by atoms with Crippen LogP contribution < -0.4 is 24.8 Å². The number of carbonyl (C=O) groups excluding carboxylic acids is 2. The number of amides is 3. The molecule has 3 N–H and O–H groups in total. The van der Waals surface area contributed by atoms with Crippen molar-refractivity contribution in [1.82, 2.24) is 20.3 Å². The maximum absolute atomic E-state index is 13.1. The van der Waals surface area contributed by atoms with Crippen LogP contribution in [0.25, 0.3) is 0 Å². The summed E-state index contributed by atoms with van der Waals surface area (Å²) in [4.78, 5) is 26.4. The van der Waals surface area contributed by atoms with E-state index in [4.69, 9.17) is 21.7 Å². The molecule has 0 bridgehead atoms. The quantitative estimate of drug-likeness (QED) is 0.443. The van der Waals surface area contributed by atoms with Gasteiger partial charge in [-0.25, -0.2) is 13.2 Å². The molecule has 1 atom stereocenters. The van der Waals surface area contributed by atoms with Crippen molar-refractivity contribution in [1.29, 1.82) is 0 Å². The highest BCUT2D eigenvalue weighted by Crippen LogP contribution is 2.39. The Morgan fingerprint density at radius 1 is 1.29 bits per heavy atom. The standard InChI is InChI=1S/C23H32N4O6S2/c1-5-8-24-22(34)26-35(30,31)20-10-17-15(7-9-33-18(17)11-19(20)32-4)12-25-23(29)27-13-14(3)16(6-2)21(27)28/h10-11,15H,5-9,12-13H2,1-4H3,(H,25,29)(H2,24,26,34). The van der Waals surface area contributed by atoms with E-state index in [9.17, 15) is 18.0 Å². The van der Waals surface area contributed by atoms with Crippen LogP contribution in [-0.4, -0.2) is 63.7 Å². The Labute approximate surface area is 211 Å². The summed E-state index contributed by atoms with van der Waals surface area (Å²) in [7, 11) is -2.66. The highest BCUT2D eigenvalue weighted by Gasteiger charge is 2.33. The van der Waals surface area contributed by atoms with Gasteiger partial charge in [0.1, 0.15) is 16.4 Å². The van der Waals surface area contributed by atoms with Crippen LogP contribution in [0, 0.1) is 0 Å². The van der Waals surface area contributed by atoms with E-state index in [1.165, 1.54) is 24.1 Å². The molecule has 0 spiro atoms. The number of nitrogens with one attached hydrogen (secondary N) is 3. The maximum atomic E-state index is 13.1. The van der Waals surface area contributed by atoms with Crippen molar-refractivity contribution >= 4 is 39.3 Å². The molecule has 3 amide bonds. The molecule has 0 fully saturated rings. The first kappa shape index (κ1) is 26.7. The van der Waals surface area contributed by atoms with E-state index in [1.807, 2.05) is 20.8 Å². The lowest BCUT2D eigenvalue weighted by Crippen LogP contribution is -2.43. The van der Waals surface area contributed by atoms with E-state index >= 15 is 0 Å². The Balaban J connectivity index is 1.79. The summed E-state index contributed by atoms with van der Waals surface area (Å²) in [6.45, 7) is 7.10. The highest BCUT2D eigenvalue weighted by atomic mass is 32.2. The van der Waals surface area contributed by atoms with Gasteiger partial charge in [-0.15, -0.1) is 0 Å². The number of imide groups is 1.